The second kappa shape index (κ2) is 4.23. The van der Waals surface area contributed by atoms with Crippen LogP contribution in [0.15, 0.2) is 0 Å². The Hall–Kier alpha value is -0.370. The Balaban J connectivity index is 2.25. The molecule has 0 aliphatic carbocycles. The Kier molecular flexibility index (Phi) is 3.48. The van der Waals surface area contributed by atoms with Gasteiger partial charge in [0.2, 0.25) is 0 Å². The van der Waals surface area contributed by atoms with Crippen LogP contribution in [0.3, 0.4) is 0 Å². The van der Waals surface area contributed by atoms with Gasteiger partial charge in [-0.05, 0) is 31.3 Å². The summed E-state index contributed by atoms with van der Waals surface area (Å²) in [6.45, 7) is 9.63. The Labute approximate surface area is 81.3 Å². The van der Waals surface area contributed by atoms with Crippen molar-refractivity contribution in [1.82, 2.24) is 4.90 Å². The molecule has 0 aromatic carbocycles. The van der Waals surface area contributed by atoms with Crippen molar-refractivity contribution in [2.75, 3.05) is 19.6 Å². The lowest BCUT2D eigenvalue weighted by molar-refractivity contribution is -0.122. The first-order chi connectivity index (χ1) is 5.97. The van der Waals surface area contributed by atoms with Gasteiger partial charge >= 0.3 is 0 Å². The average molecular weight is 183 g/mol. The van der Waals surface area contributed by atoms with Gasteiger partial charge < -0.3 is 0 Å². The zero-order valence-corrected chi connectivity index (χ0v) is 9.10. The Morgan fingerprint density at radius 3 is 2.62 bits per heavy atom. The van der Waals surface area contributed by atoms with Crippen LogP contribution in [0.25, 0.3) is 0 Å². The minimum absolute atomic E-state index is 0.389. The van der Waals surface area contributed by atoms with Crippen LogP contribution in [0.2, 0.25) is 0 Å². The molecule has 1 aliphatic heterocycles. The topological polar surface area (TPSA) is 20.3 Å². The van der Waals surface area contributed by atoms with Crippen molar-refractivity contribution >= 4 is 5.78 Å². The number of rotatable bonds is 2. The number of Topliss-reactive ketones (excluding diaryl/α,β-unsaturated/α-hetero) is 1. The smallest absolute Gasteiger partial charge is 0.146 e. The third-order valence-electron chi connectivity index (χ3n) is 2.51. The van der Waals surface area contributed by atoms with Gasteiger partial charge in [-0.15, -0.1) is 0 Å². The fourth-order valence-corrected chi connectivity index (χ4v) is 1.59. The molecule has 0 saturated carbocycles. The second-order valence-electron chi connectivity index (χ2n) is 5.23. The van der Waals surface area contributed by atoms with Gasteiger partial charge in [0.25, 0.3) is 0 Å². The normalized spacial score (nSPS) is 20.7. The van der Waals surface area contributed by atoms with E-state index in [2.05, 4.69) is 25.7 Å². The lowest BCUT2D eigenvalue weighted by Crippen LogP contribution is -2.37. The van der Waals surface area contributed by atoms with Crippen molar-refractivity contribution in [2.24, 2.45) is 5.41 Å². The molecule has 0 amide bonds. The Morgan fingerprint density at radius 1 is 1.38 bits per heavy atom. The minimum Gasteiger partial charge on any atom is -0.298 e. The summed E-state index contributed by atoms with van der Waals surface area (Å²) in [5.74, 6) is 0.417. The maximum Gasteiger partial charge on any atom is 0.146 e. The van der Waals surface area contributed by atoms with Gasteiger partial charge in [-0.1, -0.05) is 20.8 Å². The number of ketones is 1. The van der Waals surface area contributed by atoms with Crippen LogP contribution in [0, 0.1) is 5.41 Å². The first kappa shape index (κ1) is 10.7. The zero-order valence-electron chi connectivity index (χ0n) is 9.10. The molecule has 0 aromatic rings. The first-order valence-corrected chi connectivity index (χ1v) is 5.21. The molecule has 1 heterocycles. The molecule has 76 valence electrons. The van der Waals surface area contributed by atoms with Gasteiger partial charge in [0.1, 0.15) is 5.78 Å². The summed E-state index contributed by atoms with van der Waals surface area (Å²) in [6, 6.07) is 0. The van der Waals surface area contributed by atoms with Crippen LogP contribution in [0.5, 0.6) is 0 Å². The van der Waals surface area contributed by atoms with Gasteiger partial charge in [0.15, 0.2) is 0 Å². The molecule has 0 bridgehead atoms. The van der Waals surface area contributed by atoms with Crippen LogP contribution in [-0.4, -0.2) is 30.3 Å². The molecule has 1 fully saturated rings. The average Bonchev–Trinajstić information content (AvgIpc) is 2.00. The van der Waals surface area contributed by atoms with Gasteiger partial charge in [0.05, 0.1) is 6.54 Å². The molecule has 2 heteroatoms. The van der Waals surface area contributed by atoms with Gasteiger partial charge in [-0.3, -0.25) is 9.69 Å². The number of piperidine rings is 1. The van der Waals surface area contributed by atoms with Crippen LogP contribution in [0.4, 0.5) is 0 Å². The van der Waals surface area contributed by atoms with E-state index in [1.165, 1.54) is 6.42 Å². The molecule has 0 atom stereocenters. The van der Waals surface area contributed by atoms with Crippen molar-refractivity contribution in [1.29, 1.82) is 0 Å². The first-order valence-electron chi connectivity index (χ1n) is 5.21. The highest BCUT2D eigenvalue weighted by atomic mass is 16.1. The van der Waals surface area contributed by atoms with Crippen molar-refractivity contribution in [3.05, 3.63) is 0 Å². The summed E-state index contributed by atoms with van der Waals surface area (Å²) >= 11 is 0. The van der Waals surface area contributed by atoms with Crippen molar-refractivity contribution < 1.29 is 4.79 Å². The van der Waals surface area contributed by atoms with Crippen LogP contribution >= 0.6 is 0 Å². The van der Waals surface area contributed by atoms with Crippen LogP contribution in [-0.2, 0) is 4.79 Å². The molecule has 0 unspecified atom stereocenters. The lowest BCUT2D eigenvalue weighted by Gasteiger charge is -2.28. The molecule has 1 saturated heterocycles. The Morgan fingerprint density at radius 2 is 2.08 bits per heavy atom. The SMILES string of the molecule is CC(C)(C)CCN1CCCC(=O)C1. The number of carbonyl (C=O) groups excluding carboxylic acids is 1. The second-order valence-corrected chi connectivity index (χ2v) is 5.23. The highest BCUT2D eigenvalue weighted by Gasteiger charge is 2.18. The van der Waals surface area contributed by atoms with Crippen molar-refractivity contribution in [3.63, 3.8) is 0 Å². The third kappa shape index (κ3) is 4.41. The van der Waals surface area contributed by atoms with E-state index in [1.807, 2.05) is 0 Å². The monoisotopic (exact) mass is 183 g/mol. The summed E-state index contributed by atoms with van der Waals surface area (Å²) in [7, 11) is 0. The minimum atomic E-state index is 0.389. The molecule has 1 aliphatic rings. The fourth-order valence-electron chi connectivity index (χ4n) is 1.59. The van der Waals surface area contributed by atoms with E-state index in [1.54, 1.807) is 0 Å². The molecule has 1 rings (SSSR count). The Bertz CT molecular complexity index is 181. The highest BCUT2D eigenvalue weighted by molar-refractivity contribution is 5.81. The van der Waals surface area contributed by atoms with Gasteiger partial charge in [-0.2, -0.15) is 0 Å². The maximum atomic E-state index is 11.2. The van der Waals surface area contributed by atoms with E-state index >= 15 is 0 Å². The zero-order chi connectivity index (χ0) is 9.90. The molecular formula is C11H21NO. The highest BCUT2D eigenvalue weighted by Crippen LogP contribution is 2.19. The lowest BCUT2D eigenvalue weighted by atomic mass is 9.92. The largest absolute Gasteiger partial charge is 0.298 e. The maximum absolute atomic E-state index is 11.2. The summed E-state index contributed by atoms with van der Waals surface area (Å²) < 4.78 is 0. The van der Waals surface area contributed by atoms with Crippen LogP contribution < -0.4 is 0 Å². The predicted molar refractivity (Wildman–Crippen MR) is 54.8 cm³/mol. The van der Waals surface area contributed by atoms with Crippen LogP contribution in [0.1, 0.15) is 40.0 Å². The van der Waals surface area contributed by atoms with E-state index in [0.29, 0.717) is 17.7 Å². The summed E-state index contributed by atoms with van der Waals surface area (Å²) in [5.41, 5.74) is 0.389. The number of hydrogen-bond acceptors (Lipinski definition) is 2. The molecule has 0 N–H and O–H groups in total. The molecule has 0 aromatic heterocycles. The molecule has 0 radical (unpaired) electrons. The predicted octanol–water partition coefficient (Wildman–Crippen LogP) is 2.09. The third-order valence-corrected chi connectivity index (χ3v) is 2.51. The fraction of sp³-hybridized carbons (Fsp3) is 0.909. The number of nitrogens with zero attached hydrogens (tertiary/aromatic N) is 1. The summed E-state index contributed by atoms with van der Waals surface area (Å²) in [4.78, 5) is 13.4. The molecule has 0 spiro atoms. The standard InChI is InChI=1S/C11H21NO/c1-11(2,3)6-8-12-7-4-5-10(13)9-12/h4-9H2,1-3H3. The molecule has 13 heavy (non-hydrogen) atoms. The number of hydrogen-bond donors (Lipinski definition) is 0. The van der Waals surface area contributed by atoms with Gasteiger partial charge in [-0.25, -0.2) is 0 Å². The van der Waals surface area contributed by atoms with Crippen molar-refractivity contribution in [3.8, 4) is 0 Å². The molecular weight excluding hydrogens is 162 g/mol. The van der Waals surface area contributed by atoms with E-state index in [0.717, 1.165) is 25.9 Å². The summed E-state index contributed by atoms with van der Waals surface area (Å²) in [6.07, 6.45) is 3.04. The number of likely N-dealkylation sites (tertiary alicyclic amines) is 1. The van der Waals surface area contributed by atoms with E-state index < -0.39 is 0 Å². The summed E-state index contributed by atoms with van der Waals surface area (Å²) in [5, 5.41) is 0. The van der Waals surface area contributed by atoms with Crippen molar-refractivity contribution in [2.45, 2.75) is 40.0 Å². The molecule has 2 nitrogen and oxygen atoms in total. The van der Waals surface area contributed by atoms with E-state index in [4.69, 9.17) is 0 Å². The van der Waals surface area contributed by atoms with E-state index in [9.17, 15) is 4.79 Å². The van der Waals surface area contributed by atoms with Gasteiger partial charge in [0, 0.05) is 6.42 Å². The van der Waals surface area contributed by atoms with E-state index in [-0.39, 0.29) is 0 Å². The quantitative estimate of drug-likeness (QED) is 0.653. The number of carbonyl (C=O) groups is 1.